The minimum Gasteiger partial charge on any atom is -0.452 e. The summed E-state index contributed by atoms with van der Waals surface area (Å²) >= 11 is 3.20. The van der Waals surface area contributed by atoms with E-state index >= 15 is 0 Å². The van der Waals surface area contributed by atoms with Gasteiger partial charge in [-0.05, 0) is 41.4 Å². The summed E-state index contributed by atoms with van der Waals surface area (Å²) in [5.41, 5.74) is 5.94. The third-order valence-corrected chi connectivity index (χ3v) is 2.13. The molecule has 1 aromatic rings. The van der Waals surface area contributed by atoms with Gasteiger partial charge in [0.1, 0.15) is 5.76 Å². The van der Waals surface area contributed by atoms with Crippen LogP contribution < -0.4 is 5.73 Å². The lowest BCUT2D eigenvalue weighted by atomic mass is 9.99. The van der Waals surface area contributed by atoms with Crippen LogP contribution in [0.5, 0.6) is 0 Å². The summed E-state index contributed by atoms with van der Waals surface area (Å²) in [5.74, 6) is 0.622. The fourth-order valence-electron chi connectivity index (χ4n) is 1.08. The van der Waals surface area contributed by atoms with E-state index in [1.54, 1.807) is 6.92 Å². The zero-order valence-corrected chi connectivity index (χ0v) is 8.68. The van der Waals surface area contributed by atoms with Gasteiger partial charge in [-0.15, -0.1) is 0 Å². The SMILES string of the molecule is Cc1cc(Br)oc1C(C)(N)CO. The normalized spacial score (nSPS) is 16.1. The number of aliphatic hydroxyl groups is 1. The molecule has 1 atom stereocenters. The molecular formula is C8H12BrNO2. The number of nitrogens with two attached hydrogens (primary N) is 1. The molecule has 0 saturated heterocycles. The number of furan rings is 1. The lowest BCUT2D eigenvalue weighted by molar-refractivity contribution is 0.186. The first-order valence-electron chi connectivity index (χ1n) is 3.63. The number of hydrogen-bond acceptors (Lipinski definition) is 3. The van der Waals surface area contributed by atoms with Crippen molar-refractivity contribution >= 4 is 15.9 Å². The van der Waals surface area contributed by atoms with Crippen LogP contribution in [0.4, 0.5) is 0 Å². The molecule has 0 bridgehead atoms. The van der Waals surface area contributed by atoms with Crippen molar-refractivity contribution < 1.29 is 9.52 Å². The average Bonchev–Trinajstić information content (AvgIpc) is 2.31. The molecule has 0 aliphatic carbocycles. The summed E-state index contributed by atoms with van der Waals surface area (Å²) in [5, 5.41) is 8.98. The van der Waals surface area contributed by atoms with Gasteiger partial charge in [0.25, 0.3) is 0 Å². The first-order chi connectivity index (χ1) is 5.47. The number of halogens is 1. The highest BCUT2D eigenvalue weighted by atomic mass is 79.9. The van der Waals surface area contributed by atoms with Crippen molar-refractivity contribution in [1.29, 1.82) is 0 Å². The smallest absolute Gasteiger partial charge is 0.169 e. The third-order valence-electron chi connectivity index (χ3n) is 1.73. The molecule has 0 spiro atoms. The molecule has 12 heavy (non-hydrogen) atoms. The van der Waals surface area contributed by atoms with Crippen LogP contribution in [-0.2, 0) is 5.54 Å². The second-order valence-electron chi connectivity index (χ2n) is 3.14. The Labute approximate surface area is 79.7 Å². The Balaban J connectivity index is 3.09. The van der Waals surface area contributed by atoms with Gasteiger partial charge in [-0.3, -0.25) is 0 Å². The Morgan fingerprint density at radius 3 is 2.67 bits per heavy atom. The zero-order chi connectivity index (χ0) is 9.35. The number of hydrogen-bond donors (Lipinski definition) is 2. The monoisotopic (exact) mass is 233 g/mol. The van der Waals surface area contributed by atoms with Gasteiger partial charge in [0.05, 0.1) is 12.1 Å². The molecule has 4 heteroatoms. The van der Waals surface area contributed by atoms with Crippen molar-refractivity contribution in [2.75, 3.05) is 6.61 Å². The van der Waals surface area contributed by atoms with E-state index in [0.29, 0.717) is 10.4 Å². The summed E-state index contributed by atoms with van der Waals surface area (Å²) in [4.78, 5) is 0. The van der Waals surface area contributed by atoms with Crippen LogP contribution in [0.1, 0.15) is 18.2 Å². The van der Waals surface area contributed by atoms with Crippen molar-refractivity contribution in [2.24, 2.45) is 5.73 Å². The molecule has 0 amide bonds. The largest absolute Gasteiger partial charge is 0.452 e. The van der Waals surface area contributed by atoms with Gasteiger partial charge in [-0.2, -0.15) is 0 Å². The third kappa shape index (κ3) is 1.71. The predicted octanol–water partition coefficient (Wildman–Crippen LogP) is 1.52. The van der Waals surface area contributed by atoms with Crippen molar-refractivity contribution in [3.8, 4) is 0 Å². The standard InChI is InChI=1S/C8H12BrNO2/c1-5-3-6(9)12-7(5)8(2,10)4-11/h3,11H,4,10H2,1-2H3. The van der Waals surface area contributed by atoms with Crippen molar-refractivity contribution in [2.45, 2.75) is 19.4 Å². The second kappa shape index (κ2) is 3.20. The maximum atomic E-state index is 8.98. The maximum absolute atomic E-state index is 8.98. The maximum Gasteiger partial charge on any atom is 0.169 e. The first kappa shape index (κ1) is 9.77. The number of aliphatic hydroxyl groups excluding tert-OH is 1. The van der Waals surface area contributed by atoms with Gasteiger partial charge in [0.2, 0.25) is 0 Å². The molecule has 0 aliphatic rings. The summed E-state index contributed by atoms with van der Waals surface area (Å²) in [7, 11) is 0. The van der Waals surface area contributed by atoms with Gasteiger partial charge in [-0.25, -0.2) is 0 Å². The fourth-order valence-corrected chi connectivity index (χ4v) is 1.59. The molecule has 0 aromatic carbocycles. The quantitative estimate of drug-likeness (QED) is 0.815. The summed E-state index contributed by atoms with van der Waals surface area (Å²) in [6.07, 6.45) is 0. The highest BCUT2D eigenvalue weighted by Crippen LogP contribution is 2.27. The van der Waals surface area contributed by atoms with E-state index in [9.17, 15) is 0 Å². The van der Waals surface area contributed by atoms with Crippen molar-refractivity contribution in [1.82, 2.24) is 0 Å². The molecule has 3 N–H and O–H groups in total. The highest BCUT2D eigenvalue weighted by Gasteiger charge is 2.26. The van der Waals surface area contributed by atoms with Crippen LogP contribution >= 0.6 is 15.9 Å². The minimum atomic E-state index is -0.796. The Kier molecular flexibility index (Phi) is 2.61. The van der Waals surface area contributed by atoms with E-state index in [0.717, 1.165) is 5.56 Å². The summed E-state index contributed by atoms with van der Waals surface area (Å²) in [6.45, 7) is 3.49. The van der Waals surface area contributed by atoms with Gasteiger partial charge in [0, 0.05) is 0 Å². The van der Waals surface area contributed by atoms with E-state index in [1.165, 1.54) is 0 Å². The highest BCUT2D eigenvalue weighted by molar-refractivity contribution is 9.10. The van der Waals surface area contributed by atoms with Gasteiger partial charge in [0.15, 0.2) is 4.67 Å². The molecular weight excluding hydrogens is 222 g/mol. The van der Waals surface area contributed by atoms with E-state index in [-0.39, 0.29) is 6.61 Å². The van der Waals surface area contributed by atoms with Crippen LogP contribution in [-0.4, -0.2) is 11.7 Å². The lowest BCUT2D eigenvalue weighted by Crippen LogP contribution is -2.37. The fraction of sp³-hybridized carbons (Fsp3) is 0.500. The van der Waals surface area contributed by atoms with Crippen molar-refractivity contribution in [3.05, 3.63) is 22.1 Å². The van der Waals surface area contributed by atoms with Crippen molar-refractivity contribution in [3.63, 3.8) is 0 Å². The summed E-state index contributed by atoms with van der Waals surface area (Å²) < 4.78 is 5.94. The zero-order valence-electron chi connectivity index (χ0n) is 7.10. The Morgan fingerprint density at radius 1 is 1.75 bits per heavy atom. The van der Waals surface area contributed by atoms with E-state index in [2.05, 4.69) is 15.9 Å². The van der Waals surface area contributed by atoms with Gasteiger partial charge in [-0.1, -0.05) is 0 Å². The predicted molar refractivity (Wildman–Crippen MR) is 49.8 cm³/mol. The average molecular weight is 234 g/mol. The molecule has 0 aliphatic heterocycles. The first-order valence-corrected chi connectivity index (χ1v) is 4.43. The molecule has 0 fully saturated rings. The lowest BCUT2D eigenvalue weighted by Gasteiger charge is -2.19. The van der Waals surface area contributed by atoms with Crippen LogP contribution in [0.15, 0.2) is 15.2 Å². The molecule has 1 heterocycles. The van der Waals surface area contributed by atoms with Gasteiger partial charge < -0.3 is 15.3 Å². The Bertz CT molecular complexity index is 281. The van der Waals surface area contributed by atoms with Crippen LogP contribution in [0.25, 0.3) is 0 Å². The minimum absolute atomic E-state index is 0.131. The number of rotatable bonds is 2. The molecule has 1 aromatic heterocycles. The molecule has 1 unspecified atom stereocenters. The van der Waals surface area contributed by atoms with Crippen LogP contribution in [0, 0.1) is 6.92 Å². The molecule has 0 radical (unpaired) electrons. The van der Waals surface area contributed by atoms with E-state index in [1.807, 2.05) is 13.0 Å². The van der Waals surface area contributed by atoms with E-state index in [4.69, 9.17) is 15.3 Å². The topological polar surface area (TPSA) is 59.4 Å². The second-order valence-corrected chi connectivity index (χ2v) is 3.92. The molecule has 1 rings (SSSR count). The summed E-state index contributed by atoms with van der Waals surface area (Å²) in [6, 6.07) is 1.83. The Morgan fingerprint density at radius 2 is 2.33 bits per heavy atom. The molecule has 3 nitrogen and oxygen atoms in total. The van der Waals surface area contributed by atoms with E-state index < -0.39 is 5.54 Å². The number of aryl methyl sites for hydroxylation is 1. The van der Waals surface area contributed by atoms with Crippen LogP contribution in [0.3, 0.4) is 0 Å². The molecule has 68 valence electrons. The van der Waals surface area contributed by atoms with Crippen LogP contribution in [0.2, 0.25) is 0 Å². The Hall–Kier alpha value is -0.320. The van der Waals surface area contributed by atoms with Gasteiger partial charge >= 0.3 is 0 Å². The molecule has 0 saturated carbocycles.